The first kappa shape index (κ1) is 14.6. The van der Waals surface area contributed by atoms with Crippen molar-refractivity contribution in [1.29, 1.82) is 0 Å². The molecule has 0 fully saturated rings. The van der Waals surface area contributed by atoms with Crippen LogP contribution in [0.3, 0.4) is 0 Å². The largest absolute Gasteiger partial charge is 0.480 e. The maximum absolute atomic E-state index is 12.1. The lowest BCUT2D eigenvalue weighted by Gasteiger charge is -2.14. The van der Waals surface area contributed by atoms with E-state index in [-0.39, 0.29) is 17.6 Å². The van der Waals surface area contributed by atoms with Gasteiger partial charge >= 0.3 is 0 Å². The Morgan fingerprint density at radius 2 is 2.05 bits per heavy atom. The maximum atomic E-state index is 12.1. The third-order valence-corrected chi connectivity index (χ3v) is 3.62. The maximum Gasteiger partial charge on any atom is 0.233 e. The van der Waals surface area contributed by atoms with E-state index in [4.69, 9.17) is 4.74 Å². The molecule has 0 radical (unpaired) electrons. The molecular formula is C14H17N3O2S. The van der Waals surface area contributed by atoms with Gasteiger partial charge in [-0.3, -0.25) is 4.79 Å². The molecule has 0 bridgehead atoms. The number of Topliss-reactive ketones (excluding diaryl/α,β-unsaturated/α-hetero) is 1. The predicted molar refractivity (Wildman–Crippen MR) is 77.4 cm³/mol. The zero-order chi connectivity index (χ0) is 14.8. The first-order valence-electron chi connectivity index (χ1n) is 6.26. The van der Waals surface area contributed by atoms with Crippen molar-refractivity contribution in [2.24, 2.45) is 0 Å². The summed E-state index contributed by atoms with van der Waals surface area (Å²) in [5.74, 6) is 0.306. The van der Waals surface area contributed by atoms with Gasteiger partial charge in [-0.1, -0.05) is 20.8 Å². The zero-order valence-corrected chi connectivity index (χ0v) is 12.8. The molecule has 0 N–H and O–H groups in total. The molecule has 2 heterocycles. The van der Waals surface area contributed by atoms with Crippen LogP contribution in [0.1, 0.15) is 42.0 Å². The fraction of sp³-hybridized carbons (Fsp3) is 0.429. The summed E-state index contributed by atoms with van der Waals surface area (Å²) in [5.41, 5.74) is 1.34. The van der Waals surface area contributed by atoms with Crippen LogP contribution in [-0.2, 0) is 11.8 Å². The molecule has 0 aliphatic carbocycles. The number of ketones is 1. The van der Waals surface area contributed by atoms with Crippen LogP contribution in [0.15, 0.2) is 17.5 Å². The molecule has 0 saturated carbocycles. The van der Waals surface area contributed by atoms with Crippen molar-refractivity contribution < 1.29 is 9.53 Å². The average Bonchev–Trinajstić information content (AvgIpc) is 2.87. The highest BCUT2D eigenvalue weighted by Crippen LogP contribution is 2.24. The van der Waals surface area contributed by atoms with Crippen molar-refractivity contribution in [2.75, 3.05) is 7.11 Å². The summed E-state index contributed by atoms with van der Waals surface area (Å²) in [5, 5.41) is 10.5. The lowest BCUT2D eigenvalue weighted by molar-refractivity contribution is 0.0987. The number of carbonyl (C=O) groups is 1. The number of rotatable bonds is 4. The quantitative estimate of drug-likeness (QED) is 0.810. The minimum atomic E-state index is -0.0880. The van der Waals surface area contributed by atoms with Gasteiger partial charge in [-0.2, -0.15) is 0 Å². The van der Waals surface area contributed by atoms with Gasteiger partial charge in [-0.15, -0.1) is 21.5 Å². The molecule has 2 aromatic rings. The van der Waals surface area contributed by atoms with E-state index < -0.39 is 0 Å². The summed E-state index contributed by atoms with van der Waals surface area (Å²) in [6, 6.07) is 3.25. The van der Waals surface area contributed by atoms with Crippen molar-refractivity contribution in [3.05, 3.63) is 33.9 Å². The average molecular weight is 291 g/mol. The standard InChI is InChI=1S/C14H17N3O2S/c1-14(2,3)11-8-20-13(15-11)7-10(18)9-5-6-12(19-4)17-16-9/h5-6,8H,7H2,1-4H3. The summed E-state index contributed by atoms with van der Waals surface area (Å²) < 4.78 is 4.91. The number of methoxy groups -OCH3 is 1. The second kappa shape index (κ2) is 5.66. The van der Waals surface area contributed by atoms with Crippen molar-refractivity contribution in [3.8, 4) is 5.88 Å². The van der Waals surface area contributed by atoms with Crippen LogP contribution in [-0.4, -0.2) is 28.1 Å². The minimum absolute atomic E-state index is 0.00227. The van der Waals surface area contributed by atoms with Gasteiger partial charge in [0.1, 0.15) is 10.7 Å². The van der Waals surface area contributed by atoms with E-state index in [1.807, 2.05) is 5.38 Å². The van der Waals surface area contributed by atoms with E-state index >= 15 is 0 Å². The topological polar surface area (TPSA) is 65.0 Å². The summed E-state index contributed by atoms with van der Waals surface area (Å²) in [7, 11) is 1.51. The van der Waals surface area contributed by atoms with Crippen molar-refractivity contribution >= 4 is 17.1 Å². The normalized spacial score (nSPS) is 11.4. The van der Waals surface area contributed by atoms with E-state index in [2.05, 4.69) is 36.0 Å². The van der Waals surface area contributed by atoms with Crippen LogP contribution in [0.25, 0.3) is 0 Å². The van der Waals surface area contributed by atoms with Gasteiger partial charge in [0.2, 0.25) is 5.88 Å². The Hall–Kier alpha value is -1.82. The zero-order valence-electron chi connectivity index (χ0n) is 12.0. The SMILES string of the molecule is COc1ccc(C(=O)Cc2nc(C(C)(C)C)cs2)nn1. The molecule has 6 heteroatoms. The third kappa shape index (κ3) is 3.39. The Kier molecular flexibility index (Phi) is 4.13. The van der Waals surface area contributed by atoms with Gasteiger partial charge in [0.15, 0.2) is 5.78 Å². The van der Waals surface area contributed by atoms with E-state index in [1.54, 1.807) is 12.1 Å². The number of carbonyl (C=O) groups excluding carboxylic acids is 1. The van der Waals surface area contributed by atoms with Gasteiger partial charge in [0, 0.05) is 16.9 Å². The Labute approximate surface area is 122 Å². The molecule has 0 atom stereocenters. The number of hydrogen-bond donors (Lipinski definition) is 0. The first-order chi connectivity index (χ1) is 9.40. The van der Waals surface area contributed by atoms with Gasteiger partial charge < -0.3 is 4.74 Å². The fourth-order valence-corrected chi connectivity index (χ4v) is 2.56. The van der Waals surface area contributed by atoms with Gasteiger partial charge in [-0.05, 0) is 6.07 Å². The third-order valence-electron chi connectivity index (χ3n) is 2.77. The Morgan fingerprint density at radius 3 is 2.55 bits per heavy atom. The van der Waals surface area contributed by atoms with Crippen LogP contribution in [0, 0.1) is 0 Å². The van der Waals surface area contributed by atoms with Gasteiger partial charge in [-0.25, -0.2) is 4.98 Å². The molecule has 0 aliphatic rings. The lowest BCUT2D eigenvalue weighted by atomic mass is 9.93. The molecule has 0 amide bonds. The number of ether oxygens (including phenoxy) is 1. The minimum Gasteiger partial charge on any atom is -0.480 e. The smallest absolute Gasteiger partial charge is 0.233 e. The Morgan fingerprint density at radius 1 is 1.30 bits per heavy atom. The van der Waals surface area contributed by atoms with E-state index in [0.29, 0.717) is 11.6 Å². The molecule has 106 valence electrons. The van der Waals surface area contributed by atoms with Gasteiger partial charge in [0.25, 0.3) is 0 Å². The molecule has 0 spiro atoms. The number of nitrogens with zero attached hydrogens (tertiary/aromatic N) is 3. The van der Waals surface area contributed by atoms with Crippen LogP contribution in [0.4, 0.5) is 0 Å². The molecule has 2 rings (SSSR count). The second-order valence-electron chi connectivity index (χ2n) is 5.44. The van der Waals surface area contributed by atoms with E-state index in [1.165, 1.54) is 18.4 Å². The molecule has 5 nitrogen and oxygen atoms in total. The molecular weight excluding hydrogens is 274 g/mol. The summed E-state index contributed by atoms with van der Waals surface area (Å²) in [6.07, 6.45) is 0.252. The molecule has 2 aromatic heterocycles. The molecule has 0 aliphatic heterocycles. The van der Waals surface area contributed by atoms with E-state index in [0.717, 1.165) is 10.7 Å². The Balaban J connectivity index is 2.09. The highest BCUT2D eigenvalue weighted by atomic mass is 32.1. The summed E-state index contributed by atoms with van der Waals surface area (Å²) in [4.78, 5) is 16.6. The molecule has 0 saturated heterocycles. The molecule has 0 aromatic carbocycles. The molecule has 20 heavy (non-hydrogen) atoms. The number of thiazole rings is 1. The number of aromatic nitrogens is 3. The molecule has 0 unspecified atom stereocenters. The number of hydrogen-bond acceptors (Lipinski definition) is 6. The highest BCUT2D eigenvalue weighted by molar-refractivity contribution is 7.09. The van der Waals surface area contributed by atoms with Crippen LogP contribution < -0.4 is 4.74 Å². The fourth-order valence-electron chi connectivity index (χ4n) is 1.54. The van der Waals surface area contributed by atoms with Gasteiger partial charge in [0.05, 0.1) is 19.2 Å². The van der Waals surface area contributed by atoms with Crippen molar-refractivity contribution in [2.45, 2.75) is 32.6 Å². The first-order valence-corrected chi connectivity index (χ1v) is 7.14. The predicted octanol–water partition coefficient (Wildman–Crippen LogP) is 2.66. The van der Waals surface area contributed by atoms with Crippen molar-refractivity contribution in [1.82, 2.24) is 15.2 Å². The lowest BCUT2D eigenvalue weighted by Crippen LogP contribution is -2.12. The van der Waals surface area contributed by atoms with E-state index in [9.17, 15) is 4.79 Å². The van der Waals surface area contributed by atoms with Crippen molar-refractivity contribution in [3.63, 3.8) is 0 Å². The van der Waals surface area contributed by atoms with Crippen LogP contribution >= 0.6 is 11.3 Å². The summed E-state index contributed by atoms with van der Waals surface area (Å²) >= 11 is 1.50. The summed E-state index contributed by atoms with van der Waals surface area (Å²) in [6.45, 7) is 6.30. The highest BCUT2D eigenvalue weighted by Gasteiger charge is 2.19. The Bertz CT molecular complexity index is 600. The van der Waals surface area contributed by atoms with Crippen LogP contribution in [0.5, 0.6) is 5.88 Å². The van der Waals surface area contributed by atoms with Crippen LogP contribution in [0.2, 0.25) is 0 Å². The monoisotopic (exact) mass is 291 g/mol. The second-order valence-corrected chi connectivity index (χ2v) is 6.38.